The van der Waals surface area contributed by atoms with Crippen LogP contribution in [0.2, 0.25) is 0 Å². The number of alkyl halides is 3. The molecule has 0 aliphatic heterocycles. The van der Waals surface area contributed by atoms with Crippen molar-refractivity contribution in [2.75, 3.05) is 0 Å². The third kappa shape index (κ3) is 2.70. The SMILES string of the molecule is N#Cc1ccc(-c2nnc(C(Cl)(Cl)Cl)o2)cc1. The second kappa shape index (κ2) is 4.53. The van der Waals surface area contributed by atoms with Crippen LogP contribution in [0.3, 0.4) is 0 Å². The Bertz CT molecular complexity index is 566. The molecule has 1 heterocycles. The number of nitriles is 1. The number of hydrogen-bond acceptors (Lipinski definition) is 4. The molecule has 0 N–H and O–H groups in total. The van der Waals surface area contributed by atoms with Crippen LogP contribution < -0.4 is 0 Å². The van der Waals surface area contributed by atoms with Crippen LogP contribution >= 0.6 is 34.8 Å². The first-order valence-electron chi connectivity index (χ1n) is 4.42. The van der Waals surface area contributed by atoms with Crippen LogP contribution in [0.1, 0.15) is 11.5 Å². The molecule has 4 nitrogen and oxygen atoms in total. The molecule has 17 heavy (non-hydrogen) atoms. The van der Waals surface area contributed by atoms with Crippen molar-refractivity contribution in [1.29, 1.82) is 5.26 Å². The fourth-order valence-electron chi connectivity index (χ4n) is 1.14. The van der Waals surface area contributed by atoms with Crippen LogP contribution in [0, 0.1) is 11.3 Å². The number of hydrogen-bond donors (Lipinski definition) is 0. The van der Waals surface area contributed by atoms with Gasteiger partial charge in [-0.2, -0.15) is 5.26 Å². The van der Waals surface area contributed by atoms with Gasteiger partial charge in [0.05, 0.1) is 11.6 Å². The normalized spacial score (nSPS) is 11.2. The Morgan fingerprint density at radius 3 is 2.24 bits per heavy atom. The van der Waals surface area contributed by atoms with Gasteiger partial charge in [0.1, 0.15) is 0 Å². The Hall–Kier alpha value is -1.28. The van der Waals surface area contributed by atoms with Crippen LogP contribution in [-0.2, 0) is 3.79 Å². The minimum Gasteiger partial charge on any atom is -0.416 e. The summed E-state index contributed by atoms with van der Waals surface area (Å²) < 4.78 is 3.47. The Labute approximate surface area is 112 Å². The molecule has 2 aromatic rings. The lowest BCUT2D eigenvalue weighted by Crippen LogP contribution is -1.99. The van der Waals surface area contributed by atoms with E-state index in [0.29, 0.717) is 11.1 Å². The summed E-state index contributed by atoms with van der Waals surface area (Å²) in [7, 11) is 0. The summed E-state index contributed by atoms with van der Waals surface area (Å²) in [5, 5.41) is 16.0. The van der Waals surface area contributed by atoms with E-state index in [0.717, 1.165) is 0 Å². The molecule has 0 atom stereocenters. The van der Waals surface area contributed by atoms with Gasteiger partial charge in [-0.3, -0.25) is 0 Å². The van der Waals surface area contributed by atoms with Crippen molar-refractivity contribution in [1.82, 2.24) is 10.2 Å². The summed E-state index contributed by atoms with van der Waals surface area (Å²) >= 11 is 16.8. The van der Waals surface area contributed by atoms with Crippen molar-refractivity contribution in [3.63, 3.8) is 0 Å². The minimum absolute atomic E-state index is 0.0955. The second-order valence-corrected chi connectivity index (χ2v) is 5.38. The molecule has 2 rings (SSSR count). The first kappa shape index (κ1) is 12.2. The molecule has 0 amide bonds. The van der Waals surface area contributed by atoms with Gasteiger partial charge in [0, 0.05) is 5.56 Å². The van der Waals surface area contributed by atoms with Gasteiger partial charge in [-0.15, -0.1) is 10.2 Å². The summed E-state index contributed by atoms with van der Waals surface area (Å²) in [6.45, 7) is 0. The standard InChI is InChI=1S/C10H4Cl3N3O/c11-10(12,13)9-16-15-8(17-9)7-3-1-6(5-14)2-4-7/h1-4H. The first-order valence-corrected chi connectivity index (χ1v) is 5.55. The fourth-order valence-corrected chi connectivity index (χ4v) is 1.37. The molecule has 0 aliphatic rings. The number of rotatable bonds is 1. The van der Waals surface area contributed by atoms with E-state index >= 15 is 0 Å². The molecule has 1 aromatic heterocycles. The van der Waals surface area contributed by atoms with E-state index in [2.05, 4.69) is 10.2 Å². The van der Waals surface area contributed by atoms with Crippen LogP contribution in [0.4, 0.5) is 0 Å². The summed E-state index contributed by atoms with van der Waals surface area (Å²) in [4.78, 5) is 0. The van der Waals surface area contributed by atoms with Gasteiger partial charge in [0.2, 0.25) is 5.89 Å². The molecule has 0 bridgehead atoms. The average molecular weight is 289 g/mol. The molecule has 0 aliphatic carbocycles. The Balaban J connectivity index is 2.34. The molecule has 0 saturated heterocycles. The number of halogens is 3. The van der Waals surface area contributed by atoms with Crippen molar-refractivity contribution in [3.05, 3.63) is 35.7 Å². The van der Waals surface area contributed by atoms with Gasteiger partial charge in [-0.25, -0.2) is 0 Å². The third-order valence-corrected chi connectivity index (χ3v) is 2.41. The second-order valence-electron chi connectivity index (χ2n) is 3.10. The molecule has 1 aromatic carbocycles. The topological polar surface area (TPSA) is 62.7 Å². The lowest BCUT2D eigenvalue weighted by molar-refractivity contribution is 0.514. The van der Waals surface area contributed by atoms with E-state index in [1.54, 1.807) is 24.3 Å². The van der Waals surface area contributed by atoms with Crippen molar-refractivity contribution < 1.29 is 4.42 Å². The van der Waals surface area contributed by atoms with Gasteiger partial charge in [0.25, 0.3) is 9.68 Å². The first-order chi connectivity index (χ1) is 8.00. The number of benzene rings is 1. The van der Waals surface area contributed by atoms with Gasteiger partial charge in [0.15, 0.2) is 0 Å². The van der Waals surface area contributed by atoms with E-state index in [1.165, 1.54) is 0 Å². The molecule has 86 valence electrons. The van der Waals surface area contributed by atoms with Crippen molar-refractivity contribution in [2.24, 2.45) is 0 Å². The lowest BCUT2D eigenvalue weighted by atomic mass is 10.1. The zero-order chi connectivity index (χ0) is 12.5. The summed E-state index contributed by atoms with van der Waals surface area (Å²) in [6, 6.07) is 8.62. The molecule has 0 fully saturated rings. The van der Waals surface area contributed by atoms with Crippen LogP contribution in [0.25, 0.3) is 11.5 Å². The maximum absolute atomic E-state index is 8.66. The van der Waals surface area contributed by atoms with Crippen LogP contribution in [0.15, 0.2) is 28.7 Å². The van der Waals surface area contributed by atoms with Gasteiger partial charge >= 0.3 is 0 Å². The van der Waals surface area contributed by atoms with Gasteiger partial charge in [-0.1, -0.05) is 34.8 Å². The summed E-state index contributed by atoms with van der Waals surface area (Å²) in [5.74, 6) is 0.137. The average Bonchev–Trinajstić information content (AvgIpc) is 2.78. The number of aromatic nitrogens is 2. The number of nitrogens with zero attached hydrogens (tertiary/aromatic N) is 3. The fraction of sp³-hybridized carbons (Fsp3) is 0.100. The van der Waals surface area contributed by atoms with E-state index in [9.17, 15) is 0 Å². The predicted molar refractivity (Wildman–Crippen MR) is 63.7 cm³/mol. The van der Waals surface area contributed by atoms with Crippen LogP contribution in [-0.4, -0.2) is 10.2 Å². The van der Waals surface area contributed by atoms with E-state index in [1.807, 2.05) is 6.07 Å². The third-order valence-electron chi connectivity index (χ3n) is 1.93. The Morgan fingerprint density at radius 2 is 1.76 bits per heavy atom. The molecule has 0 radical (unpaired) electrons. The van der Waals surface area contributed by atoms with E-state index < -0.39 is 3.79 Å². The molecular formula is C10H4Cl3N3O. The molecule has 7 heteroatoms. The Morgan fingerprint density at radius 1 is 1.12 bits per heavy atom. The van der Waals surface area contributed by atoms with Crippen LogP contribution in [0.5, 0.6) is 0 Å². The van der Waals surface area contributed by atoms with E-state index in [4.69, 9.17) is 44.5 Å². The van der Waals surface area contributed by atoms with Crippen molar-refractivity contribution in [3.8, 4) is 17.5 Å². The largest absolute Gasteiger partial charge is 0.416 e. The maximum atomic E-state index is 8.66. The highest BCUT2D eigenvalue weighted by molar-refractivity contribution is 6.66. The zero-order valence-corrected chi connectivity index (χ0v) is 10.5. The zero-order valence-electron chi connectivity index (χ0n) is 8.19. The summed E-state index contributed by atoms with van der Waals surface area (Å²) in [6.07, 6.45) is 0. The highest BCUT2D eigenvalue weighted by Crippen LogP contribution is 2.38. The highest BCUT2D eigenvalue weighted by atomic mass is 35.6. The lowest BCUT2D eigenvalue weighted by Gasteiger charge is -2.02. The maximum Gasteiger partial charge on any atom is 0.268 e. The smallest absolute Gasteiger partial charge is 0.268 e. The van der Waals surface area contributed by atoms with Crippen molar-refractivity contribution in [2.45, 2.75) is 3.79 Å². The quantitative estimate of drug-likeness (QED) is 0.754. The monoisotopic (exact) mass is 287 g/mol. The summed E-state index contributed by atoms with van der Waals surface area (Å²) in [5.41, 5.74) is 1.19. The van der Waals surface area contributed by atoms with E-state index in [-0.39, 0.29) is 11.8 Å². The van der Waals surface area contributed by atoms with Gasteiger partial charge in [-0.05, 0) is 24.3 Å². The van der Waals surface area contributed by atoms with Gasteiger partial charge < -0.3 is 4.42 Å². The molecule has 0 saturated carbocycles. The van der Waals surface area contributed by atoms with Crippen molar-refractivity contribution >= 4 is 34.8 Å². The predicted octanol–water partition coefficient (Wildman–Crippen LogP) is 3.43. The molecule has 0 spiro atoms. The highest BCUT2D eigenvalue weighted by Gasteiger charge is 2.30. The molecule has 0 unspecified atom stereocenters. The Kier molecular flexibility index (Phi) is 3.25. The molecular weight excluding hydrogens is 284 g/mol. The minimum atomic E-state index is -1.74.